The average Bonchev–Trinajstić information content (AvgIpc) is 2.49. The van der Waals surface area contributed by atoms with Crippen molar-refractivity contribution in [2.24, 2.45) is 17.6 Å². The second-order valence-corrected chi connectivity index (χ2v) is 7.84. The molecule has 3 rings (SSSR count). The van der Waals surface area contributed by atoms with Crippen LogP contribution in [0.15, 0.2) is 18.2 Å². The molecule has 6 heteroatoms. The van der Waals surface area contributed by atoms with Gasteiger partial charge in [-0.3, -0.25) is 4.79 Å². The number of hydrogen-bond acceptors (Lipinski definition) is 2. The molecule has 0 heterocycles. The van der Waals surface area contributed by atoms with E-state index in [1.165, 1.54) is 19.3 Å². The van der Waals surface area contributed by atoms with Gasteiger partial charge in [-0.2, -0.15) is 0 Å². The van der Waals surface area contributed by atoms with Crippen molar-refractivity contribution in [2.75, 3.05) is 0 Å². The normalized spacial score (nSPS) is 28.8. The first-order chi connectivity index (χ1) is 11.0. The zero-order chi connectivity index (χ0) is 16.4. The Bertz CT molecular complexity index is 567. The van der Waals surface area contributed by atoms with E-state index in [2.05, 4.69) is 5.32 Å². The highest BCUT2D eigenvalue weighted by atomic mass is 35.5. The highest BCUT2D eigenvalue weighted by Crippen LogP contribution is 2.39. The van der Waals surface area contributed by atoms with Gasteiger partial charge < -0.3 is 11.1 Å². The summed E-state index contributed by atoms with van der Waals surface area (Å²) in [5.74, 6) is 1.26. The number of aryl methyl sites for hydroxylation is 1. The molecule has 134 valence electrons. The van der Waals surface area contributed by atoms with Crippen molar-refractivity contribution in [3.8, 4) is 0 Å². The van der Waals surface area contributed by atoms with Gasteiger partial charge in [0, 0.05) is 18.5 Å². The zero-order valence-electron chi connectivity index (χ0n) is 13.6. The van der Waals surface area contributed by atoms with Crippen LogP contribution < -0.4 is 11.1 Å². The molecule has 2 atom stereocenters. The maximum Gasteiger partial charge on any atom is 0.220 e. The molecule has 0 spiro atoms. The lowest BCUT2D eigenvalue weighted by molar-refractivity contribution is -0.123. The first kappa shape index (κ1) is 19.8. The molecule has 2 unspecified atom stereocenters. The Kier molecular flexibility index (Phi) is 7.23. The highest BCUT2D eigenvalue weighted by Gasteiger charge is 2.39. The van der Waals surface area contributed by atoms with Crippen LogP contribution in [0.25, 0.3) is 0 Å². The summed E-state index contributed by atoms with van der Waals surface area (Å²) in [5, 5.41) is 4.37. The molecule has 2 aliphatic rings. The number of hydrogen-bond donors (Lipinski definition) is 2. The summed E-state index contributed by atoms with van der Waals surface area (Å²) in [6, 6.07) is 6.19. The summed E-state index contributed by atoms with van der Waals surface area (Å²) in [6.45, 7) is 0. The topological polar surface area (TPSA) is 55.1 Å². The minimum absolute atomic E-state index is 0. The van der Waals surface area contributed by atoms with Crippen molar-refractivity contribution < 1.29 is 4.79 Å². The van der Waals surface area contributed by atoms with Crippen LogP contribution in [0.4, 0.5) is 0 Å². The van der Waals surface area contributed by atoms with Gasteiger partial charge >= 0.3 is 0 Å². The van der Waals surface area contributed by atoms with Crippen molar-refractivity contribution in [2.45, 2.75) is 57.0 Å². The Morgan fingerprint density at radius 2 is 1.83 bits per heavy atom. The largest absolute Gasteiger partial charge is 0.353 e. The first-order valence-corrected chi connectivity index (χ1v) is 9.27. The number of nitrogens with two attached hydrogens (primary N) is 1. The number of fused-ring (bicyclic) bond motifs is 2. The monoisotopic (exact) mass is 390 g/mol. The van der Waals surface area contributed by atoms with Gasteiger partial charge in [-0.25, -0.2) is 0 Å². The standard InChI is InChI=1S/C18H24Cl2N2O.ClH/c19-15-6-4-11(8-16(15)20)5-7-17(23)22-18-12-2-1-3-13(18)10-14(21)9-12;/h4,6,8,12-14,18H,1-3,5,7,9-10,21H2,(H,22,23);1H. The molecule has 2 aliphatic carbocycles. The Morgan fingerprint density at radius 1 is 1.17 bits per heavy atom. The number of halogens is 3. The number of amides is 1. The zero-order valence-corrected chi connectivity index (χ0v) is 16.0. The smallest absolute Gasteiger partial charge is 0.220 e. The molecule has 3 N–H and O–H groups in total. The van der Waals surface area contributed by atoms with E-state index in [1.807, 2.05) is 12.1 Å². The fourth-order valence-electron chi connectivity index (χ4n) is 4.24. The van der Waals surface area contributed by atoms with Crippen molar-refractivity contribution in [3.63, 3.8) is 0 Å². The maximum absolute atomic E-state index is 12.3. The number of carbonyl (C=O) groups is 1. The van der Waals surface area contributed by atoms with E-state index in [0.717, 1.165) is 18.4 Å². The van der Waals surface area contributed by atoms with E-state index in [1.54, 1.807) is 6.07 Å². The molecular weight excluding hydrogens is 367 g/mol. The van der Waals surface area contributed by atoms with Gasteiger partial charge in [-0.1, -0.05) is 35.7 Å². The minimum atomic E-state index is 0. The van der Waals surface area contributed by atoms with Gasteiger partial charge in [0.05, 0.1) is 10.0 Å². The average molecular weight is 392 g/mol. The Labute approximate surface area is 160 Å². The summed E-state index contributed by atoms with van der Waals surface area (Å²) >= 11 is 11.9. The van der Waals surface area contributed by atoms with E-state index in [4.69, 9.17) is 28.9 Å². The number of benzene rings is 1. The quantitative estimate of drug-likeness (QED) is 0.800. The first-order valence-electron chi connectivity index (χ1n) is 8.52. The van der Waals surface area contributed by atoms with Crippen molar-refractivity contribution >= 4 is 41.5 Å². The van der Waals surface area contributed by atoms with E-state index in [9.17, 15) is 4.79 Å². The molecule has 0 saturated heterocycles. The molecule has 0 aliphatic heterocycles. The number of rotatable bonds is 4. The van der Waals surface area contributed by atoms with Gasteiger partial charge in [-0.15, -0.1) is 12.4 Å². The van der Waals surface area contributed by atoms with Crippen LogP contribution in [0.1, 0.15) is 44.1 Å². The molecule has 0 radical (unpaired) electrons. The van der Waals surface area contributed by atoms with Gasteiger partial charge in [0.1, 0.15) is 0 Å². The number of carbonyl (C=O) groups excluding carboxylic acids is 1. The van der Waals surface area contributed by atoms with Crippen LogP contribution in [0.5, 0.6) is 0 Å². The lowest BCUT2D eigenvalue weighted by atomic mass is 9.67. The second-order valence-electron chi connectivity index (χ2n) is 7.02. The SMILES string of the molecule is Cl.NC1CC2CCCC(C1)C2NC(=O)CCc1ccc(Cl)c(Cl)c1. The van der Waals surface area contributed by atoms with Crippen LogP contribution in [0.2, 0.25) is 10.0 Å². The third-order valence-corrected chi connectivity index (χ3v) is 6.07. The van der Waals surface area contributed by atoms with Gasteiger partial charge in [0.15, 0.2) is 0 Å². The Hall–Kier alpha value is -0.480. The lowest BCUT2D eigenvalue weighted by Gasteiger charge is -2.45. The molecule has 1 amide bonds. The summed E-state index contributed by atoms with van der Waals surface area (Å²) in [7, 11) is 0. The molecular formula is C18H25Cl3N2O. The van der Waals surface area contributed by atoms with E-state index in [-0.39, 0.29) is 18.3 Å². The van der Waals surface area contributed by atoms with Crippen LogP contribution in [0, 0.1) is 11.8 Å². The molecule has 2 saturated carbocycles. The van der Waals surface area contributed by atoms with E-state index >= 15 is 0 Å². The minimum Gasteiger partial charge on any atom is -0.353 e. The maximum atomic E-state index is 12.3. The molecule has 1 aromatic rings. The molecule has 2 bridgehead atoms. The third kappa shape index (κ3) is 4.78. The Morgan fingerprint density at radius 3 is 2.46 bits per heavy atom. The molecule has 0 aromatic heterocycles. The fourth-order valence-corrected chi connectivity index (χ4v) is 4.56. The second kappa shape index (κ2) is 8.75. The summed E-state index contributed by atoms with van der Waals surface area (Å²) in [5.41, 5.74) is 7.19. The summed E-state index contributed by atoms with van der Waals surface area (Å²) in [6.07, 6.45) is 6.94. The van der Waals surface area contributed by atoms with Crippen LogP contribution in [0.3, 0.4) is 0 Å². The predicted molar refractivity (Wildman–Crippen MR) is 102 cm³/mol. The fraction of sp³-hybridized carbons (Fsp3) is 0.611. The van der Waals surface area contributed by atoms with Gasteiger partial charge in [-0.05, 0) is 61.6 Å². The lowest BCUT2D eigenvalue weighted by Crippen LogP contribution is -2.53. The van der Waals surface area contributed by atoms with Crippen molar-refractivity contribution in [1.29, 1.82) is 0 Å². The van der Waals surface area contributed by atoms with E-state index < -0.39 is 0 Å². The van der Waals surface area contributed by atoms with Crippen molar-refractivity contribution in [1.82, 2.24) is 5.32 Å². The van der Waals surface area contributed by atoms with Gasteiger partial charge in [0.25, 0.3) is 0 Å². The number of nitrogens with one attached hydrogen (secondary N) is 1. The van der Waals surface area contributed by atoms with E-state index in [0.29, 0.717) is 46.8 Å². The highest BCUT2D eigenvalue weighted by molar-refractivity contribution is 6.42. The van der Waals surface area contributed by atoms with Crippen LogP contribution in [-0.4, -0.2) is 18.0 Å². The summed E-state index contributed by atoms with van der Waals surface area (Å²) < 4.78 is 0. The molecule has 2 fully saturated rings. The molecule has 3 nitrogen and oxygen atoms in total. The molecule has 1 aromatic carbocycles. The van der Waals surface area contributed by atoms with Gasteiger partial charge in [0.2, 0.25) is 5.91 Å². The van der Waals surface area contributed by atoms with Crippen molar-refractivity contribution in [3.05, 3.63) is 33.8 Å². The summed E-state index contributed by atoms with van der Waals surface area (Å²) in [4.78, 5) is 12.3. The predicted octanol–water partition coefficient (Wildman–Crippen LogP) is 4.37. The van der Waals surface area contributed by atoms with Crippen LogP contribution >= 0.6 is 35.6 Å². The molecule has 24 heavy (non-hydrogen) atoms. The third-order valence-electron chi connectivity index (χ3n) is 5.33. The Balaban J connectivity index is 0.00000208. The van der Waals surface area contributed by atoms with Crippen LogP contribution in [-0.2, 0) is 11.2 Å².